The molecule has 1 heterocycles. The third kappa shape index (κ3) is 4.44. The van der Waals surface area contributed by atoms with Crippen LogP contribution in [0.4, 0.5) is 13.2 Å². The number of nitrogens with one attached hydrogen (secondary N) is 1. The normalized spacial score (nSPS) is 21.0. The van der Waals surface area contributed by atoms with Crippen LogP contribution in [0.15, 0.2) is 29.2 Å². The smallest absolute Gasteiger partial charge is 0.310 e. The molecule has 3 nitrogen and oxygen atoms in total. The van der Waals surface area contributed by atoms with Crippen LogP contribution < -0.4 is 5.32 Å². The maximum absolute atomic E-state index is 12.0. The second kappa shape index (κ2) is 6.36. The van der Waals surface area contributed by atoms with Crippen molar-refractivity contribution in [2.45, 2.75) is 42.8 Å². The second-order valence-corrected chi connectivity index (χ2v) is 7.30. The van der Waals surface area contributed by atoms with Crippen LogP contribution >= 0.6 is 0 Å². The minimum absolute atomic E-state index is 0.0736. The fourth-order valence-electron chi connectivity index (χ4n) is 2.53. The van der Waals surface area contributed by atoms with Gasteiger partial charge in [-0.2, -0.15) is 13.2 Å². The Morgan fingerprint density at radius 1 is 1.19 bits per heavy atom. The van der Waals surface area contributed by atoms with Crippen LogP contribution in [0, 0.1) is 0 Å². The Hall–Kier alpha value is -1.08. The number of rotatable bonds is 5. The van der Waals surface area contributed by atoms with E-state index in [2.05, 4.69) is 5.32 Å². The van der Waals surface area contributed by atoms with Crippen molar-refractivity contribution in [1.82, 2.24) is 5.32 Å². The Balaban J connectivity index is 1.91. The highest BCUT2D eigenvalue weighted by molar-refractivity contribution is 7.91. The predicted octanol–water partition coefficient (Wildman–Crippen LogP) is 3.23. The van der Waals surface area contributed by atoms with Gasteiger partial charge in [0.05, 0.1) is 10.6 Å². The monoisotopic (exact) mass is 321 g/mol. The molecule has 0 amide bonds. The van der Waals surface area contributed by atoms with Gasteiger partial charge in [0.15, 0.2) is 9.84 Å². The van der Waals surface area contributed by atoms with Gasteiger partial charge in [0, 0.05) is 12.5 Å². The summed E-state index contributed by atoms with van der Waals surface area (Å²) in [5.74, 6) is 0.0736. The molecular formula is C14H18F3NO2S. The van der Waals surface area contributed by atoms with Crippen LogP contribution in [0.1, 0.15) is 37.3 Å². The molecule has 1 aliphatic heterocycles. The van der Waals surface area contributed by atoms with E-state index in [-0.39, 0.29) is 18.2 Å². The molecule has 0 saturated carbocycles. The molecule has 0 fully saturated rings. The first-order valence-electron chi connectivity index (χ1n) is 6.91. The van der Waals surface area contributed by atoms with Gasteiger partial charge in [-0.05, 0) is 37.4 Å². The standard InChI is InChI=1S/C14H18F3NO2S/c15-14(16,17)8-3-4-9-18-12-7-10-21(19,20)13-6-2-1-5-11(12)13/h1-2,5-6,12,18H,3-4,7-10H2. The Bertz CT molecular complexity index is 584. The van der Waals surface area contributed by atoms with Crippen molar-refractivity contribution in [3.63, 3.8) is 0 Å². The summed E-state index contributed by atoms with van der Waals surface area (Å²) in [5.41, 5.74) is 0.722. The van der Waals surface area contributed by atoms with Crippen molar-refractivity contribution in [3.05, 3.63) is 29.8 Å². The molecule has 7 heteroatoms. The number of hydrogen-bond acceptors (Lipinski definition) is 3. The summed E-state index contributed by atoms with van der Waals surface area (Å²) in [6, 6.07) is 6.71. The van der Waals surface area contributed by atoms with Crippen LogP contribution in [-0.2, 0) is 9.84 Å². The van der Waals surface area contributed by atoms with Gasteiger partial charge in [0.1, 0.15) is 0 Å². The Labute approximate surface area is 122 Å². The minimum Gasteiger partial charge on any atom is -0.310 e. The summed E-state index contributed by atoms with van der Waals surface area (Å²) in [6.07, 6.45) is -3.91. The molecule has 0 saturated heterocycles. The third-order valence-corrected chi connectivity index (χ3v) is 5.40. The van der Waals surface area contributed by atoms with Crippen LogP contribution in [0.25, 0.3) is 0 Å². The highest BCUT2D eigenvalue weighted by Crippen LogP contribution is 2.31. The number of alkyl halides is 3. The van der Waals surface area contributed by atoms with E-state index < -0.39 is 22.4 Å². The van der Waals surface area contributed by atoms with Gasteiger partial charge in [-0.3, -0.25) is 0 Å². The molecule has 1 atom stereocenters. The molecule has 21 heavy (non-hydrogen) atoms. The van der Waals surface area contributed by atoms with Gasteiger partial charge in [0.2, 0.25) is 0 Å². The molecule has 1 aliphatic rings. The Morgan fingerprint density at radius 2 is 1.90 bits per heavy atom. The first kappa shape index (κ1) is 16.3. The molecule has 0 bridgehead atoms. The van der Waals surface area contributed by atoms with E-state index in [1.54, 1.807) is 24.3 Å². The van der Waals surface area contributed by atoms with Gasteiger partial charge in [-0.15, -0.1) is 0 Å². The predicted molar refractivity (Wildman–Crippen MR) is 73.8 cm³/mol. The largest absolute Gasteiger partial charge is 0.389 e. The fourth-order valence-corrected chi connectivity index (χ4v) is 4.15. The summed E-state index contributed by atoms with van der Waals surface area (Å²) in [4.78, 5) is 0.337. The first-order chi connectivity index (χ1) is 9.80. The summed E-state index contributed by atoms with van der Waals surface area (Å²) in [6.45, 7) is 0.454. The molecule has 0 spiro atoms. The molecule has 1 aromatic rings. The molecule has 1 unspecified atom stereocenters. The lowest BCUT2D eigenvalue weighted by Gasteiger charge is -2.26. The van der Waals surface area contributed by atoms with Crippen molar-refractivity contribution in [3.8, 4) is 0 Å². The molecule has 118 valence electrons. The molecule has 0 aromatic heterocycles. The van der Waals surface area contributed by atoms with E-state index >= 15 is 0 Å². The minimum atomic E-state index is -4.11. The first-order valence-corrected chi connectivity index (χ1v) is 8.57. The van der Waals surface area contributed by atoms with Crippen molar-refractivity contribution in [1.29, 1.82) is 0 Å². The van der Waals surface area contributed by atoms with Gasteiger partial charge < -0.3 is 5.32 Å². The highest BCUT2D eigenvalue weighted by Gasteiger charge is 2.29. The maximum Gasteiger partial charge on any atom is 0.389 e. The van der Waals surface area contributed by atoms with Crippen molar-refractivity contribution < 1.29 is 21.6 Å². The Kier molecular flexibility index (Phi) is 4.93. The summed E-state index contributed by atoms with van der Waals surface area (Å²) in [5, 5.41) is 3.17. The fraction of sp³-hybridized carbons (Fsp3) is 0.571. The molecule has 0 radical (unpaired) electrons. The topological polar surface area (TPSA) is 46.2 Å². The number of halogens is 3. The van der Waals surface area contributed by atoms with Crippen molar-refractivity contribution >= 4 is 9.84 Å². The zero-order valence-electron chi connectivity index (χ0n) is 11.5. The zero-order valence-corrected chi connectivity index (χ0v) is 12.3. The van der Waals surface area contributed by atoms with E-state index in [1.165, 1.54) is 0 Å². The SMILES string of the molecule is O=S1(=O)CCC(NCCCCC(F)(F)F)c2ccccc21. The number of sulfone groups is 1. The summed E-state index contributed by atoms with van der Waals surface area (Å²) in [7, 11) is -3.22. The van der Waals surface area contributed by atoms with Gasteiger partial charge in [0.25, 0.3) is 0 Å². The second-order valence-electron chi connectivity index (χ2n) is 5.22. The van der Waals surface area contributed by atoms with Crippen LogP contribution in [0.2, 0.25) is 0 Å². The Morgan fingerprint density at radius 3 is 2.62 bits per heavy atom. The van der Waals surface area contributed by atoms with Gasteiger partial charge in [-0.1, -0.05) is 18.2 Å². The lowest BCUT2D eigenvalue weighted by Crippen LogP contribution is -2.30. The van der Waals surface area contributed by atoms with Crippen molar-refractivity contribution in [2.24, 2.45) is 0 Å². The lowest BCUT2D eigenvalue weighted by atomic mass is 10.0. The lowest BCUT2D eigenvalue weighted by molar-refractivity contribution is -0.135. The maximum atomic E-state index is 12.0. The number of fused-ring (bicyclic) bond motifs is 1. The van der Waals surface area contributed by atoms with Crippen LogP contribution in [0.3, 0.4) is 0 Å². The van der Waals surface area contributed by atoms with Gasteiger partial charge >= 0.3 is 6.18 Å². The molecule has 2 rings (SSSR count). The third-order valence-electron chi connectivity index (χ3n) is 3.58. The summed E-state index contributed by atoms with van der Waals surface area (Å²) < 4.78 is 60.0. The van der Waals surface area contributed by atoms with E-state index in [1.807, 2.05) is 0 Å². The molecule has 1 aromatic carbocycles. The van der Waals surface area contributed by atoms with Crippen molar-refractivity contribution in [2.75, 3.05) is 12.3 Å². The van der Waals surface area contributed by atoms with E-state index in [0.717, 1.165) is 5.56 Å². The van der Waals surface area contributed by atoms with Gasteiger partial charge in [-0.25, -0.2) is 8.42 Å². The molecule has 1 N–H and O–H groups in total. The average Bonchev–Trinajstić information content (AvgIpc) is 2.40. The number of unbranched alkanes of at least 4 members (excludes halogenated alkanes) is 1. The van der Waals surface area contributed by atoms with E-state index in [4.69, 9.17) is 0 Å². The van der Waals surface area contributed by atoms with E-state index in [0.29, 0.717) is 24.3 Å². The molecule has 0 aliphatic carbocycles. The molecular weight excluding hydrogens is 303 g/mol. The number of benzene rings is 1. The van der Waals surface area contributed by atoms with Crippen LogP contribution in [-0.4, -0.2) is 26.9 Å². The summed E-state index contributed by atoms with van der Waals surface area (Å²) >= 11 is 0. The van der Waals surface area contributed by atoms with E-state index in [9.17, 15) is 21.6 Å². The number of hydrogen-bond donors (Lipinski definition) is 1. The van der Waals surface area contributed by atoms with Crippen LogP contribution in [0.5, 0.6) is 0 Å². The quantitative estimate of drug-likeness (QED) is 0.847. The highest BCUT2D eigenvalue weighted by atomic mass is 32.2. The zero-order chi connectivity index (χ0) is 15.5. The average molecular weight is 321 g/mol.